The van der Waals surface area contributed by atoms with E-state index in [1.165, 1.54) is 11.3 Å². The van der Waals surface area contributed by atoms with Gasteiger partial charge in [-0.1, -0.05) is 0 Å². The summed E-state index contributed by atoms with van der Waals surface area (Å²) in [5.41, 5.74) is 0.998. The summed E-state index contributed by atoms with van der Waals surface area (Å²) in [7, 11) is 0. The maximum absolute atomic E-state index is 12.0. The highest BCUT2D eigenvalue weighted by Gasteiger charge is 2.17. The molecule has 18 heavy (non-hydrogen) atoms. The number of aryl methyl sites for hydroxylation is 2. The molecule has 6 heteroatoms. The number of halogens is 1. The average Bonchev–Trinajstić information content (AvgIpc) is 2.84. The van der Waals surface area contributed by atoms with Crippen LogP contribution in [-0.2, 0) is 0 Å². The Hall–Kier alpha value is -0.720. The summed E-state index contributed by atoms with van der Waals surface area (Å²) in [4.78, 5) is 18.2. The van der Waals surface area contributed by atoms with Crippen molar-refractivity contribution in [2.45, 2.75) is 26.8 Å². The molecule has 2 rings (SSSR count). The van der Waals surface area contributed by atoms with E-state index in [1.807, 2.05) is 32.9 Å². The molecule has 0 aliphatic rings. The monoisotopic (exact) mass is 344 g/mol. The summed E-state index contributed by atoms with van der Waals surface area (Å²) in [5, 5.41) is 4.03. The van der Waals surface area contributed by atoms with Crippen molar-refractivity contribution in [2.75, 3.05) is 0 Å². The second-order valence-corrected chi connectivity index (χ2v) is 7.68. The van der Waals surface area contributed by atoms with Crippen LogP contribution in [0.4, 0.5) is 0 Å². The highest BCUT2D eigenvalue weighted by Crippen LogP contribution is 2.26. The molecule has 0 aliphatic heterocycles. The molecule has 0 saturated carbocycles. The number of hydrogen-bond donors (Lipinski definition) is 1. The second-order valence-electron chi connectivity index (χ2n) is 3.98. The van der Waals surface area contributed by atoms with Crippen LogP contribution in [0, 0.1) is 13.8 Å². The van der Waals surface area contributed by atoms with Gasteiger partial charge in [-0.05, 0) is 48.8 Å². The normalized spacial score (nSPS) is 12.4. The van der Waals surface area contributed by atoms with Gasteiger partial charge < -0.3 is 5.32 Å². The molecule has 1 amide bonds. The first kappa shape index (κ1) is 13.7. The van der Waals surface area contributed by atoms with Crippen LogP contribution >= 0.6 is 38.6 Å². The number of carbonyl (C=O) groups excluding carboxylic acids is 1. The standard InChI is InChI=1S/C12H13BrN2OS2/c1-6-11(17-8(3)14-6)7(2)15-12(16)9-4-5-10(13)18-9/h4-5,7H,1-3H3,(H,15,16). The number of hydrogen-bond acceptors (Lipinski definition) is 4. The molecule has 1 N–H and O–H groups in total. The highest BCUT2D eigenvalue weighted by atomic mass is 79.9. The fraction of sp³-hybridized carbons (Fsp3) is 0.333. The van der Waals surface area contributed by atoms with Crippen LogP contribution in [-0.4, -0.2) is 10.9 Å². The maximum atomic E-state index is 12.0. The lowest BCUT2D eigenvalue weighted by molar-refractivity contribution is 0.0944. The third-order valence-electron chi connectivity index (χ3n) is 2.48. The van der Waals surface area contributed by atoms with Gasteiger partial charge in [0.2, 0.25) is 0 Å². The van der Waals surface area contributed by atoms with Crippen molar-refractivity contribution >= 4 is 44.5 Å². The van der Waals surface area contributed by atoms with Crippen molar-refractivity contribution in [3.8, 4) is 0 Å². The van der Waals surface area contributed by atoms with Crippen LogP contribution in [0.2, 0.25) is 0 Å². The van der Waals surface area contributed by atoms with E-state index in [4.69, 9.17) is 0 Å². The molecule has 1 atom stereocenters. The van der Waals surface area contributed by atoms with Gasteiger partial charge in [-0.2, -0.15) is 0 Å². The van der Waals surface area contributed by atoms with Gasteiger partial charge in [0, 0.05) is 4.88 Å². The van der Waals surface area contributed by atoms with Crippen molar-refractivity contribution in [1.82, 2.24) is 10.3 Å². The van der Waals surface area contributed by atoms with Gasteiger partial charge in [0.05, 0.1) is 25.4 Å². The predicted octanol–water partition coefficient (Wildman–Crippen LogP) is 4.07. The molecule has 2 aromatic heterocycles. The van der Waals surface area contributed by atoms with Gasteiger partial charge in [0.15, 0.2) is 0 Å². The average molecular weight is 345 g/mol. The van der Waals surface area contributed by atoms with E-state index in [0.29, 0.717) is 4.88 Å². The van der Waals surface area contributed by atoms with E-state index in [2.05, 4.69) is 26.2 Å². The third-order valence-corrected chi connectivity index (χ3v) is 5.36. The zero-order valence-electron chi connectivity index (χ0n) is 10.3. The number of amides is 1. The first-order valence-corrected chi connectivity index (χ1v) is 7.90. The summed E-state index contributed by atoms with van der Waals surface area (Å²) in [6.07, 6.45) is 0. The summed E-state index contributed by atoms with van der Waals surface area (Å²) >= 11 is 6.43. The van der Waals surface area contributed by atoms with Crippen LogP contribution in [0.5, 0.6) is 0 Å². The van der Waals surface area contributed by atoms with Crippen LogP contribution in [0.1, 0.15) is 38.2 Å². The minimum Gasteiger partial charge on any atom is -0.344 e. The molecule has 2 aromatic rings. The Balaban J connectivity index is 2.10. The van der Waals surface area contributed by atoms with E-state index in [1.54, 1.807) is 11.3 Å². The Bertz CT molecular complexity index is 576. The van der Waals surface area contributed by atoms with Crippen molar-refractivity contribution < 1.29 is 4.79 Å². The smallest absolute Gasteiger partial charge is 0.261 e. The largest absolute Gasteiger partial charge is 0.344 e. The Morgan fingerprint density at radius 1 is 1.39 bits per heavy atom. The number of aromatic nitrogens is 1. The van der Waals surface area contributed by atoms with Crippen LogP contribution in [0.15, 0.2) is 15.9 Å². The fourth-order valence-corrected chi connectivity index (χ4v) is 3.94. The number of rotatable bonds is 3. The number of thiazole rings is 1. The van der Waals surface area contributed by atoms with Gasteiger partial charge in [0.25, 0.3) is 5.91 Å². The van der Waals surface area contributed by atoms with Crippen LogP contribution < -0.4 is 5.32 Å². The van der Waals surface area contributed by atoms with E-state index in [-0.39, 0.29) is 11.9 Å². The molecule has 0 spiro atoms. The zero-order chi connectivity index (χ0) is 13.3. The molecule has 0 aliphatic carbocycles. The van der Waals surface area contributed by atoms with Crippen molar-refractivity contribution in [1.29, 1.82) is 0 Å². The molecule has 96 valence electrons. The van der Waals surface area contributed by atoms with Crippen molar-refractivity contribution in [3.63, 3.8) is 0 Å². The third kappa shape index (κ3) is 2.99. The maximum Gasteiger partial charge on any atom is 0.261 e. The lowest BCUT2D eigenvalue weighted by Gasteiger charge is -2.11. The lowest BCUT2D eigenvalue weighted by atomic mass is 10.2. The van der Waals surface area contributed by atoms with Gasteiger partial charge in [-0.3, -0.25) is 4.79 Å². The summed E-state index contributed by atoms with van der Waals surface area (Å²) in [5.74, 6) is -0.0383. The van der Waals surface area contributed by atoms with Crippen molar-refractivity contribution in [2.24, 2.45) is 0 Å². The Morgan fingerprint density at radius 2 is 2.11 bits per heavy atom. The molecule has 1 unspecified atom stereocenters. The topological polar surface area (TPSA) is 42.0 Å². The van der Waals surface area contributed by atoms with E-state index < -0.39 is 0 Å². The molecule has 0 aromatic carbocycles. The Labute approximate surface area is 122 Å². The SMILES string of the molecule is Cc1nc(C)c(C(C)NC(=O)c2ccc(Br)s2)s1. The summed E-state index contributed by atoms with van der Waals surface area (Å²) in [6, 6.07) is 3.69. The van der Waals surface area contributed by atoms with E-state index >= 15 is 0 Å². The number of thiophene rings is 1. The lowest BCUT2D eigenvalue weighted by Crippen LogP contribution is -2.25. The quantitative estimate of drug-likeness (QED) is 0.911. The van der Waals surface area contributed by atoms with Gasteiger partial charge >= 0.3 is 0 Å². The van der Waals surface area contributed by atoms with Gasteiger partial charge in [-0.25, -0.2) is 4.98 Å². The van der Waals surface area contributed by atoms with Crippen LogP contribution in [0.3, 0.4) is 0 Å². The van der Waals surface area contributed by atoms with Gasteiger partial charge in [-0.15, -0.1) is 22.7 Å². The molecule has 3 nitrogen and oxygen atoms in total. The van der Waals surface area contributed by atoms with Crippen LogP contribution in [0.25, 0.3) is 0 Å². The van der Waals surface area contributed by atoms with Crippen molar-refractivity contribution in [3.05, 3.63) is 36.4 Å². The minimum absolute atomic E-state index is 0.00965. The molecule has 0 saturated heterocycles. The molecule has 2 heterocycles. The van der Waals surface area contributed by atoms with Gasteiger partial charge in [0.1, 0.15) is 0 Å². The highest BCUT2D eigenvalue weighted by molar-refractivity contribution is 9.11. The summed E-state index contributed by atoms with van der Waals surface area (Å²) in [6.45, 7) is 5.94. The predicted molar refractivity (Wildman–Crippen MR) is 79.5 cm³/mol. The zero-order valence-corrected chi connectivity index (χ0v) is 13.5. The van der Waals surface area contributed by atoms with E-state index in [0.717, 1.165) is 19.4 Å². The van der Waals surface area contributed by atoms with E-state index in [9.17, 15) is 4.79 Å². The first-order chi connectivity index (χ1) is 8.47. The molecular weight excluding hydrogens is 332 g/mol. The Kier molecular flexibility index (Phi) is 4.19. The molecule has 0 fully saturated rings. The number of nitrogens with one attached hydrogen (secondary N) is 1. The molecular formula is C12H13BrN2OS2. The number of nitrogens with zero attached hydrogens (tertiary/aromatic N) is 1. The number of carbonyl (C=O) groups is 1. The first-order valence-electron chi connectivity index (χ1n) is 5.47. The Morgan fingerprint density at radius 3 is 2.61 bits per heavy atom. The molecule has 0 bridgehead atoms. The second kappa shape index (κ2) is 5.50. The summed E-state index contributed by atoms with van der Waals surface area (Å²) < 4.78 is 0.963. The molecule has 0 radical (unpaired) electrons. The fourth-order valence-electron chi connectivity index (χ4n) is 1.72. The minimum atomic E-state index is -0.0383.